The molecule has 2 aliphatic heterocycles. The molecular formula is C39H45N5O4. The monoisotopic (exact) mass is 647 g/mol. The fourth-order valence-corrected chi connectivity index (χ4v) is 7.12. The van der Waals surface area contributed by atoms with Crippen molar-refractivity contribution >= 4 is 28.5 Å². The maximum atomic E-state index is 14.0. The normalized spacial score (nSPS) is 19.6. The summed E-state index contributed by atoms with van der Waals surface area (Å²) >= 11 is 0. The number of nitrogens with zero attached hydrogens (tertiary/aromatic N) is 1. The lowest BCUT2D eigenvalue weighted by atomic mass is 9.86. The van der Waals surface area contributed by atoms with Crippen LogP contribution in [0.3, 0.4) is 0 Å². The van der Waals surface area contributed by atoms with Gasteiger partial charge in [0.15, 0.2) is 0 Å². The summed E-state index contributed by atoms with van der Waals surface area (Å²) in [6.07, 6.45) is 2.73. The highest BCUT2D eigenvalue weighted by Gasteiger charge is 2.44. The molecule has 0 bridgehead atoms. The topological polar surface area (TPSA) is 126 Å². The summed E-state index contributed by atoms with van der Waals surface area (Å²) in [5, 5.41) is 11.7. The zero-order chi connectivity index (χ0) is 33.5. The molecular weight excluding hydrogens is 602 g/mol. The molecule has 5 N–H and O–H groups in total. The number of fused-ring (bicyclic) bond motifs is 1. The Morgan fingerprint density at radius 3 is 2.23 bits per heavy atom. The van der Waals surface area contributed by atoms with Crippen LogP contribution in [0.2, 0.25) is 0 Å². The van der Waals surface area contributed by atoms with Crippen LogP contribution in [-0.2, 0) is 27.2 Å². The Hall–Kier alpha value is -4.73. The quantitative estimate of drug-likeness (QED) is 0.181. The highest BCUT2D eigenvalue weighted by molar-refractivity contribution is 5.98. The first-order valence-electron chi connectivity index (χ1n) is 17.0. The molecule has 6 rings (SSSR count). The van der Waals surface area contributed by atoms with Crippen LogP contribution in [0.25, 0.3) is 10.8 Å². The van der Waals surface area contributed by atoms with Gasteiger partial charge in [-0.2, -0.15) is 0 Å². The molecule has 250 valence electrons. The fraction of sp³-hybridized carbons (Fsp3) is 0.359. The molecule has 4 atom stereocenters. The van der Waals surface area contributed by atoms with Gasteiger partial charge in [-0.1, -0.05) is 72.8 Å². The maximum absolute atomic E-state index is 14.0. The molecule has 2 heterocycles. The number of ether oxygens (including phenoxy) is 1. The Morgan fingerprint density at radius 2 is 1.50 bits per heavy atom. The highest BCUT2D eigenvalue weighted by Crippen LogP contribution is 2.28. The van der Waals surface area contributed by atoms with E-state index in [1.54, 1.807) is 0 Å². The van der Waals surface area contributed by atoms with Gasteiger partial charge < -0.3 is 31.3 Å². The van der Waals surface area contributed by atoms with Crippen molar-refractivity contribution in [2.45, 2.75) is 63.2 Å². The summed E-state index contributed by atoms with van der Waals surface area (Å²) < 4.78 is 6.00. The summed E-state index contributed by atoms with van der Waals surface area (Å²) in [5.41, 5.74) is 7.79. The molecule has 0 aromatic heterocycles. The SMILES string of the molecule is CC(C1CCNCC1)N(C(=O)CCN)C(Cc1ccc(Oc2ccccc2)cc1)[C@@H]1NC(=O)[C@H](Cc2ccc3ccccc3c2)NC1=O. The van der Waals surface area contributed by atoms with Crippen molar-refractivity contribution in [2.24, 2.45) is 11.7 Å². The van der Waals surface area contributed by atoms with Gasteiger partial charge in [0.2, 0.25) is 17.7 Å². The predicted octanol–water partition coefficient (Wildman–Crippen LogP) is 4.33. The van der Waals surface area contributed by atoms with Crippen LogP contribution in [0.4, 0.5) is 0 Å². The Balaban J connectivity index is 1.26. The Kier molecular flexibility index (Phi) is 10.7. The molecule has 3 amide bonds. The molecule has 0 spiro atoms. The zero-order valence-corrected chi connectivity index (χ0v) is 27.4. The average molecular weight is 648 g/mol. The first-order chi connectivity index (χ1) is 23.4. The number of para-hydroxylation sites is 1. The zero-order valence-electron chi connectivity index (χ0n) is 27.4. The summed E-state index contributed by atoms with van der Waals surface area (Å²) in [6.45, 7) is 4.01. The van der Waals surface area contributed by atoms with Gasteiger partial charge in [0, 0.05) is 25.4 Å². The summed E-state index contributed by atoms with van der Waals surface area (Å²) in [7, 11) is 0. The van der Waals surface area contributed by atoms with E-state index in [1.807, 2.05) is 95.9 Å². The number of carbonyl (C=O) groups excluding carboxylic acids is 3. The Morgan fingerprint density at radius 1 is 0.833 bits per heavy atom. The van der Waals surface area contributed by atoms with E-state index in [0.29, 0.717) is 18.6 Å². The molecule has 0 saturated carbocycles. The number of nitrogens with one attached hydrogen (secondary N) is 3. The number of nitrogens with two attached hydrogens (primary N) is 1. The standard InChI is InChI=1S/C39H45N5O4/c1-26(29-18-21-41-22-19-29)44(36(45)17-20-40)35(25-27-12-15-33(16-13-27)48-32-9-3-2-4-10-32)37-39(47)42-34(38(46)43-37)24-28-11-14-30-7-5-6-8-31(30)23-28/h2-16,23,26,29,34-35,37,41H,17-22,24-25,40H2,1H3,(H,42,47)(H,43,46)/t26?,34-,35?,37-/m0/s1. The number of carbonyl (C=O) groups is 3. The van der Waals surface area contributed by atoms with E-state index in [4.69, 9.17) is 10.5 Å². The fourth-order valence-electron chi connectivity index (χ4n) is 7.12. The summed E-state index contributed by atoms with van der Waals surface area (Å²) in [4.78, 5) is 43.5. The molecule has 2 aliphatic rings. The number of piperidine rings is 1. The van der Waals surface area contributed by atoms with E-state index in [-0.39, 0.29) is 42.6 Å². The van der Waals surface area contributed by atoms with Gasteiger partial charge in [-0.05, 0) is 91.4 Å². The van der Waals surface area contributed by atoms with Crippen LogP contribution >= 0.6 is 0 Å². The van der Waals surface area contributed by atoms with Crippen LogP contribution in [0.5, 0.6) is 11.5 Å². The van der Waals surface area contributed by atoms with Gasteiger partial charge in [-0.15, -0.1) is 0 Å². The third-order valence-electron chi connectivity index (χ3n) is 9.71. The van der Waals surface area contributed by atoms with E-state index < -0.39 is 18.1 Å². The molecule has 48 heavy (non-hydrogen) atoms. The first-order valence-corrected chi connectivity index (χ1v) is 17.0. The number of hydrogen-bond donors (Lipinski definition) is 4. The minimum Gasteiger partial charge on any atom is -0.457 e. The van der Waals surface area contributed by atoms with Gasteiger partial charge in [0.25, 0.3) is 0 Å². The summed E-state index contributed by atoms with van der Waals surface area (Å²) in [5.74, 6) is 0.999. The lowest BCUT2D eigenvalue weighted by Gasteiger charge is -2.45. The molecule has 0 radical (unpaired) electrons. The number of benzene rings is 4. The molecule has 4 aromatic carbocycles. The largest absolute Gasteiger partial charge is 0.457 e. The van der Waals surface area contributed by atoms with Crippen LogP contribution < -0.4 is 26.4 Å². The van der Waals surface area contributed by atoms with Crippen molar-refractivity contribution in [3.63, 3.8) is 0 Å². The molecule has 2 fully saturated rings. The van der Waals surface area contributed by atoms with Gasteiger partial charge in [-0.3, -0.25) is 14.4 Å². The second-order valence-corrected chi connectivity index (χ2v) is 12.9. The maximum Gasteiger partial charge on any atom is 0.245 e. The van der Waals surface area contributed by atoms with Gasteiger partial charge in [-0.25, -0.2) is 0 Å². The number of piperazine rings is 1. The van der Waals surface area contributed by atoms with Crippen LogP contribution in [0.1, 0.15) is 37.3 Å². The van der Waals surface area contributed by atoms with Gasteiger partial charge >= 0.3 is 0 Å². The van der Waals surface area contributed by atoms with Gasteiger partial charge in [0.1, 0.15) is 23.6 Å². The number of hydrogen-bond acceptors (Lipinski definition) is 6. The third-order valence-corrected chi connectivity index (χ3v) is 9.71. The summed E-state index contributed by atoms with van der Waals surface area (Å²) in [6, 6.07) is 29.0. The Labute approximate surface area is 282 Å². The molecule has 9 nitrogen and oxygen atoms in total. The Bertz CT molecular complexity index is 1710. The molecule has 2 unspecified atom stereocenters. The molecule has 2 saturated heterocycles. The van der Waals surface area contributed by atoms with Crippen molar-refractivity contribution in [1.82, 2.24) is 20.9 Å². The average Bonchev–Trinajstić information content (AvgIpc) is 3.11. The molecule has 0 aliphatic carbocycles. The van der Waals surface area contributed by atoms with E-state index >= 15 is 0 Å². The predicted molar refractivity (Wildman–Crippen MR) is 188 cm³/mol. The number of rotatable bonds is 12. The van der Waals surface area contributed by atoms with Crippen molar-refractivity contribution in [3.8, 4) is 11.5 Å². The lowest BCUT2D eigenvalue weighted by molar-refractivity contribution is -0.145. The van der Waals surface area contributed by atoms with E-state index in [2.05, 4.69) is 28.9 Å². The molecule has 4 aromatic rings. The first kappa shape index (κ1) is 33.2. The van der Waals surface area contributed by atoms with E-state index in [0.717, 1.165) is 53.6 Å². The van der Waals surface area contributed by atoms with Gasteiger partial charge in [0.05, 0.1) is 6.04 Å². The van der Waals surface area contributed by atoms with Crippen LogP contribution in [0, 0.1) is 5.92 Å². The van der Waals surface area contributed by atoms with Crippen molar-refractivity contribution < 1.29 is 19.1 Å². The lowest BCUT2D eigenvalue weighted by Crippen LogP contribution is -2.70. The van der Waals surface area contributed by atoms with Crippen molar-refractivity contribution in [1.29, 1.82) is 0 Å². The molecule has 9 heteroatoms. The van der Waals surface area contributed by atoms with Crippen molar-refractivity contribution in [2.75, 3.05) is 19.6 Å². The minimum absolute atomic E-state index is 0.113. The van der Waals surface area contributed by atoms with E-state index in [1.165, 1.54) is 0 Å². The highest BCUT2D eigenvalue weighted by atomic mass is 16.5. The number of amides is 3. The second-order valence-electron chi connectivity index (χ2n) is 12.9. The van der Waals surface area contributed by atoms with Crippen molar-refractivity contribution in [3.05, 3.63) is 108 Å². The smallest absolute Gasteiger partial charge is 0.245 e. The van der Waals surface area contributed by atoms with Crippen LogP contribution in [-0.4, -0.2) is 66.4 Å². The third kappa shape index (κ3) is 7.86. The van der Waals surface area contributed by atoms with Crippen LogP contribution in [0.15, 0.2) is 97.1 Å². The van der Waals surface area contributed by atoms with E-state index in [9.17, 15) is 14.4 Å². The second kappa shape index (κ2) is 15.4. The minimum atomic E-state index is -0.934.